The second-order valence-corrected chi connectivity index (χ2v) is 7.70. The van der Waals surface area contributed by atoms with Gasteiger partial charge in [-0.2, -0.15) is 0 Å². The minimum Gasteiger partial charge on any atom is -0.494 e. The number of hydrogen-bond acceptors (Lipinski definition) is 4. The highest BCUT2D eigenvalue weighted by Crippen LogP contribution is 2.32. The smallest absolute Gasteiger partial charge is 0.185 e. The average Bonchev–Trinajstić information content (AvgIpc) is 2.62. The van der Waals surface area contributed by atoms with Crippen LogP contribution in [0.4, 0.5) is 0 Å². The minimum atomic E-state index is -0.282. The third kappa shape index (κ3) is 5.19. The maximum atomic E-state index is 5.96. The first-order chi connectivity index (χ1) is 11.7. The van der Waals surface area contributed by atoms with Gasteiger partial charge in [0.15, 0.2) is 6.29 Å². The molecule has 1 aromatic rings. The molecule has 2 fully saturated rings. The second-order valence-electron chi connectivity index (χ2n) is 6.85. The largest absolute Gasteiger partial charge is 0.494 e. The highest BCUT2D eigenvalue weighted by atomic mass is 79.9. The van der Waals surface area contributed by atoms with Gasteiger partial charge in [-0.05, 0) is 76.4 Å². The van der Waals surface area contributed by atoms with E-state index >= 15 is 0 Å². The fraction of sp³-hybridized carbons (Fsp3) is 0.684. The van der Waals surface area contributed by atoms with Gasteiger partial charge in [0.1, 0.15) is 5.75 Å². The predicted octanol–water partition coefficient (Wildman–Crippen LogP) is 4.39. The molecule has 2 aliphatic heterocycles. The van der Waals surface area contributed by atoms with Crippen molar-refractivity contribution >= 4 is 15.9 Å². The van der Waals surface area contributed by atoms with Crippen LogP contribution in [0.15, 0.2) is 22.7 Å². The summed E-state index contributed by atoms with van der Waals surface area (Å²) in [5.41, 5.74) is 1.02. The van der Waals surface area contributed by atoms with Crippen molar-refractivity contribution in [1.29, 1.82) is 0 Å². The van der Waals surface area contributed by atoms with Gasteiger partial charge in [0.05, 0.1) is 19.8 Å². The van der Waals surface area contributed by atoms with Gasteiger partial charge in [0.25, 0.3) is 0 Å². The van der Waals surface area contributed by atoms with Gasteiger partial charge in [-0.1, -0.05) is 15.9 Å². The Morgan fingerprint density at radius 2 is 1.96 bits per heavy atom. The molecule has 3 rings (SSSR count). The van der Waals surface area contributed by atoms with Crippen molar-refractivity contribution in [3.8, 4) is 5.75 Å². The number of benzene rings is 1. The fourth-order valence-electron chi connectivity index (χ4n) is 3.37. The Morgan fingerprint density at radius 3 is 2.71 bits per heavy atom. The molecule has 1 aromatic carbocycles. The number of rotatable bonds is 6. The zero-order valence-corrected chi connectivity index (χ0v) is 16.1. The summed E-state index contributed by atoms with van der Waals surface area (Å²) in [5.74, 6) is 1.77. The van der Waals surface area contributed by atoms with Crippen LogP contribution in [-0.2, 0) is 9.47 Å². The van der Waals surface area contributed by atoms with Gasteiger partial charge < -0.3 is 19.1 Å². The molecule has 0 amide bonds. The topological polar surface area (TPSA) is 30.9 Å². The van der Waals surface area contributed by atoms with Gasteiger partial charge in [0.2, 0.25) is 0 Å². The monoisotopic (exact) mass is 397 g/mol. The number of halogens is 1. The van der Waals surface area contributed by atoms with E-state index in [2.05, 4.69) is 27.9 Å². The molecule has 2 heterocycles. The summed E-state index contributed by atoms with van der Waals surface area (Å²) in [6.45, 7) is 4.75. The lowest BCUT2D eigenvalue weighted by molar-refractivity contribution is -0.183. The molecule has 5 heteroatoms. The van der Waals surface area contributed by atoms with Crippen LogP contribution in [0.1, 0.15) is 44.0 Å². The van der Waals surface area contributed by atoms with Crippen LogP contribution in [0.3, 0.4) is 0 Å². The number of hydrogen-bond donors (Lipinski definition) is 0. The summed E-state index contributed by atoms with van der Waals surface area (Å²) in [7, 11) is 2.21. The first-order valence-corrected chi connectivity index (χ1v) is 9.85. The normalized spacial score (nSPS) is 21.1. The van der Waals surface area contributed by atoms with Gasteiger partial charge in [-0.15, -0.1) is 0 Å². The zero-order chi connectivity index (χ0) is 16.8. The first-order valence-electron chi connectivity index (χ1n) is 9.06. The Bertz CT molecular complexity index is 511. The summed E-state index contributed by atoms with van der Waals surface area (Å²) in [6.07, 6.45) is 5.73. The Labute approximate surface area is 153 Å². The van der Waals surface area contributed by atoms with Crippen LogP contribution in [-0.4, -0.2) is 44.9 Å². The van der Waals surface area contributed by atoms with E-state index in [1.165, 1.54) is 32.4 Å². The molecule has 0 aliphatic carbocycles. The number of likely N-dealkylation sites (tertiary alicyclic amines) is 1. The summed E-state index contributed by atoms with van der Waals surface area (Å²) in [5, 5.41) is 0. The van der Waals surface area contributed by atoms with Gasteiger partial charge in [-0.25, -0.2) is 0 Å². The Balaban J connectivity index is 1.45. The molecule has 2 saturated heterocycles. The molecule has 0 aromatic heterocycles. The molecule has 0 atom stereocenters. The molecule has 0 unspecified atom stereocenters. The van der Waals surface area contributed by atoms with Crippen molar-refractivity contribution in [3.63, 3.8) is 0 Å². The van der Waals surface area contributed by atoms with E-state index < -0.39 is 0 Å². The number of nitrogens with zero attached hydrogens (tertiary/aromatic N) is 1. The zero-order valence-electron chi connectivity index (χ0n) is 14.5. The van der Waals surface area contributed by atoms with E-state index in [-0.39, 0.29) is 6.29 Å². The fourth-order valence-corrected chi connectivity index (χ4v) is 3.81. The van der Waals surface area contributed by atoms with Gasteiger partial charge >= 0.3 is 0 Å². The van der Waals surface area contributed by atoms with Crippen LogP contribution >= 0.6 is 15.9 Å². The van der Waals surface area contributed by atoms with E-state index in [1.54, 1.807) is 0 Å². The SMILES string of the molecule is CN1CCC(CCCOc2ccc(Br)c(C3OCCCO3)c2)CC1. The Hall–Kier alpha value is -0.620. The molecular formula is C19H28BrNO3. The molecule has 0 spiro atoms. The van der Waals surface area contributed by atoms with Crippen LogP contribution < -0.4 is 4.74 Å². The number of piperidine rings is 1. The van der Waals surface area contributed by atoms with Crippen LogP contribution in [0.25, 0.3) is 0 Å². The molecule has 0 bridgehead atoms. The van der Waals surface area contributed by atoms with Crippen LogP contribution in [0, 0.1) is 5.92 Å². The van der Waals surface area contributed by atoms with E-state index in [0.717, 1.165) is 54.4 Å². The maximum absolute atomic E-state index is 5.96. The summed E-state index contributed by atoms with van der Waals surface area (Å²) in [6, 6.07) is 6.06. The lowest BCUT2D eigenvalue weighted by Crippen LogP contribution is -2.30. The molecule has 24 heavy (non-hydrogen) atoms. The minimum absolute atomic E-state index is 0.282. The molecule has 0 radical (unpaired) electrons. The van der Waals surface area contributed by atoms with Crippen molar-refractivity contribution in [2.45, 2.75) is 38.4 Å². The van der Waals surface area contributed by atoms with E-state index in [4.69, 9.17) is 14.2 Å². The second kappa shape index (κ2) is 9.18. The van der Waals surface area contributed by atoms with Crippen LogP contribution in [0.2, 0.25) is 0 Å². The standard InChI is InChI=1S/C19H28BrNO3/c1-21-9-7-15(8-10-21)4-2-11-22-16-5-6-18(20)17(14-16)19-23-12-3-13-24-19/h5-6,14-15,19H,2-4,7-13H2,1H3. The summed E-state index contributed by atoms with van der Waals surface area (Å²) >= 11 is 3.59. The van der Waals surface area contributed by atoms with E-state index in [9.17, 15) is 0 Å². The maximum Gasteiger partial charge on any atom is 0.185 e. The highest BCUT2D eigenvalue weighted by molar-refractivity contribution is 9.10. The third-order valence-corrected chi connectivity index (χ3v) is 5.63. The van der Waals surface area contributed by atoms with Crippen molar-refractivity contribution in [3.05, 3.63) is 28.2 Å². The molecular weight excluding hydrogens is 370 g/mol. The van der Waals surface area contributed by atoms with Crippen molar-refractivity contribution in [2.24, 2.45) is 5.92 Å². The van der Waals surface area contributed by atoms with Gasteiger partial charge in [0, 0.05) is 10.0 Å². The number of ether oxygens (including phenoxy) is 3. The third-order valence-electron chi connectivity index (χ3n) is 4.91. The van der Waals surface area contributed by atoms with Crippen molar-refractivity contribution in [1.82, 2.24) is 4.90 Å². The summed E-state index contributed by atoms with van der Waals surface area (Å²) < 4.78 is 18.4. The van der Waals surface area contributed by atoms with Crippen LogP contribution in [0.5, 0.6) is 5.75 Å². The molecule has 0 saturated carbocycles. The molecule has 2 aliphatic rings. The van der Waals surface area contributed by atoms with Crippen molar-refractivity contribution in [2.75, 3.05) is 40.0 Å². The van der Waals surface area contributed by atoms with E-state index in [0.29, 0.717) is 0 Å². The Morgan fingerprint density at radius 1 is 1.21 bits per heavy atom. The molecule has 0 N–H and O–H groups in total. The lowest BCUT2D eigenvalue weighted by atomic mass is 9.93. The summed E-state index contributed by atoms with van der Waals surface area (Å²) in [4.78, 5) is 2.42. The molecule has 4 nitrogen and oxygen atoms in total. The Kier molecular flexibility index (Phi) is 6.95. The van der Waals surface area contributed by atoms with Gasteiger partial charge in [-0.3, -0.25) is 0 Å². The quantitative estimate of drug-likeness (QED) is 0.666. The lowest BCUT2D eigenvalue weighted by Gasteiger charge is -2.28. The van der Waals surface area contributed by atoms with E-state index in [1.807, 2.05) is 18.2 Å². The highest BCUT2D eigenvalue weighted by Gasteiger charge is 2.20. The first kappa shape index (κ1) is 18.2. The predicted molar refractivity (Wildman–Crippen MR) is 98.4 cm³/mol. The van der Waals surface area contributed by atoms with Crippen molar-refractivity contribution < 1.29 is 14.2 Å². The average molecular weight is 398 g/mol. The molecule has 134 valence electrons.